The van der Waals surface area contributed by atoms with Crippen LogP contribution in [0.1, 0.15) is 44.6 Å². The molecule has 1 heterocycles. The fourth-order valence-corrected chi connectivity index (χ4v) is 3.20. The quantitative estimate of drug-likeness (QED) is 0.840. The lowest BCUT2D eigenvalue weighted by Crippen LogP contribution is -2.27. The maximum absolute atomic E-state index is 4.16. The second kappa shape index (κ2) is 6.36. The smallest absolute Gasteiger partial charge is 0.0346 e. The number of aromatic nitrogens is 1. The van der Waals surface area contributed by atoms with Crippen molar-refractivity contribution in [1.29, 1.82) is 0 Å². The molecule has 1 aromatic carbocycles. The fraction of sp³-hybridized carbons (Fsp3) is 0.500. The Kier molecular flexibility index (Phi) is 4.31. The molecule has 1 N–H and O–H groups in total. The van der Waals surface area contributed by atoms with Crippen LogP contribution >= 0.6 is 0 Å². The van der Waals surface area contributed by atoms with Crippen LogP contribution in [0.15, 0.2) is 36.7 Å². The van der Waals surface area contributed by atoms with Crippen LogP contribution in [-0.2, 0) is 6.54 Å². The van der Waals surface area contributed by atoms with Crippen molar-refractivity contribution >= 4 is 10.8 Å². The van der Waals surface area contributed by atoms with E-state index in [1.807, 2.05) is 12.4 Å². The molecule has 0 saturated heterocycles. The van der Waals surface area contributed by atoms with Crippen LogP contribution in [0.4, 0.5) is 0 Å². The molecule has 0 spiro atoms. The molecule has 2 heteroatoms. The van der Waals surface area contributed by atoms with Crippen LogP contribution in [0.3, 0.4) is 0 Å². The lowest BCUT2D eigenvalue weighted by molar-refractivity contribution is 0.447. The number of pyridine rings is 1. The van der Waals surface area contributed by atoms with Crippen molar-refractivity contribution in [2.24, 2.45) is 5.92 Å². The highest BCUT2D eigenvalue weighted by Crippen LogP contribution is 2.23. The Labute approximate surface area is 121 Å². The number of rotatable bonds is 3. The minimum Gasteiger partial charge on any atom is -0.310 e. The Morgan fingerprint density at radius 3 is 3.00 bits per heavy atom. The number of nitrogens with zero attached hydrogens (tertiary/aromatic N) is 1. The Hall–Kier alpha value is -1.41. The van der Waals surface area contributed by atoms with E-state index in [0.717, 1.165) is 12.5 Å². The summed E-state index contributed by atoms with van der Waals surface area (Å²) in [6.45, 7) is 3.37. The van der Waals surface area contributed by atoms with Crippen LogP contribution in [0.25, 0.3) is 10.8 Å². The predicted molar refractivity (Wildman–Crippen MR) is 84.6 cm³/mol. The van der Waals surface area contributed by atoms with E-state index in [1.165, 1.54) is 48.4 Å². The maximum atomic E-state index is 4.16. The molecule has 1 aliphatic rings. The van der Waals surface area contributed by atoms with Crippen LogP contribution in [-0.4, -0.2) is 11.0 Å². The number of fused-ring (bicyclic) bond motifs is 1. The summed E-state index contributed by atoms with van der Waals surface area (Å²) >= 11 is 0. The van der Waals surface area contributed by atoms with E-state index in [1.54, 1.807) is 0 Å². The summed E-state index contributed by atoms with van der Waals surface area (Å²) in [6.07, 6.45) is 10.6. The molecule has 1 fully saturated rings. The molecule has 1 aromatic heterocycles. The van der Waals surface area contributed by atoms with E-state index in [4.69, 9.17) is 0 Å². The van der Waals surface area contributed by atoms with E-state index < -0.39 is 0 Å². The molecule has 106 valence electrons. The number of nitrogens with one attached hydrogen (secondary N) is 1. The van der Waals surface area contributed by atoms with Gasteiger partial charge in [0.25, 0.3) is 0 Å². The average molecular weight is 268 g/mol. The van der Waals surface area contributed by atoms with Gasteiger partial charge in [0.1, 0.15) is 0 Å². The Balaban J connectivity index is 1.61. The maximum Gasteiger partial charge on any atom is 0.0346 e. The minimum absolute atomic E-state index is 0.702. The van der Waals surface area contributed by atoms with Crippen LogP contribution in [0.2, 0.25) is 0 Å². The van der Waals surface area contributed by atoms with E-state index in [9.17, 15) is 0 Å². The zero-order valence-corrected chi connectivity index (χ0v) is 12.3. The summed E-state index contributed by atoms with van der Waals surface area (Å²) in [4.78, 5) is 4.16. The van der Waals surface area contributed by atoms with Crippen LogP contribution in [0, 0.1) is 5.92 Å². The van der Waals surface area contributed by atoms with Crippen molar-refractivity contribution in [3.63, 3.8) is 0 Å². The molecule has 1 aliphatic carbocycles. The van der Waals surface area contributed by atoms with E-state index in [2.05, 4.69) is 41.5 Å². The molecule has 0 aliphatic heterocycles. The first kappa shape index (κ1) is 13.6. The topological polar surface area (TPSA) is 24.9 Å². The first-order valence-electron chi connectivity index (χ1n) is 7.87. The molecule has 1 saturated carbocycles. The summed E-state index contributed by atoms with van der Waals surface area (Å²) in [6, 6.07) is 9.47. The summed E-state index contributed by atoms with van der Waals surface area (Å²) in [5, 5.41) is 6.26. The van der Waals surface area contributed by atoms with Gasteiger partial charge < -0.3 is 5.32 Å². The van der Waals surface area contributed by atoms with Gasteiger partial charge in [-0.1, -0.05) is 31.9 Å². The Morgan fingerprint density at radius 2 is 2.05 bits per heavy atom. The molecule has 0 bridgehead atoms. The molecule has 0 amide bonds. The highest BCUT2D eigenvalue weighted by Gasteiger charge is 2.15. The summed E-state index contributed by atoms with van der Waals surface area (Å²) in [7, 11) is 0. The monoisotopic (exact) mass is 268 g/mol. The first-order valence-corrected chi connectivity index (χ1v) is 7.87. The molecule has 20 heavy (non-hydrogen) atoms. The number of benzene rings is 1. The zero-order valence-electron chi connectivity index (χ0n) is 12.3. The van der Waals surface area contributed by atoms with Gasteiger partial charge in [-0.05, 0) is 48.3 Å². The zero-order chi connectivity index (χ0) is 13.8. The van der Waals surface area contributed by atoms with E-state index >= 15 is 0 Å². The molecular formula is C18H24N2. The third kappa shape index (κ3) is 3.37. The number of hydrogen-bond donors (Lipinski definition) is 1. The van der Waals surface area contributed by atoms with E-state index in [-0.39, 0.29) is 0 Å². The standard InChI is InChI=1S/C18H24N2/c1-14-3-2-4-18(8-5-14)20-12-15-6-7-17-13-19-10-9-16(17)11-15/h6-7,9-11,13-14,18,20H,2-5,8,12H2,1H3. The van der Waals surface area contributed by atoms with Gasteiger partial charge in [-0.3, -0.25) is 4.98 Å². The summed E-state index contributed by atoms with van der Waals surface area (Å²) in [5.41, 5.74) is 1.38. The van der Waals surface area contributed by atoms with Gasteiger partial charge in [0.15, 0.2) is 0 Å². The second-order valence-electron chi connectivity index (χ2n) is 6.25. The van der Waals surface area contributed by atoms with Gasteiger partial charge in [-0.2, -0.15) is 0 Å². The van der Waals surface area contributed by atoms with Crippen molar-refractivity contribution in [3.05, 3.63) is 42.2 Å². The number of hydrogen-bond acceptors (Lipinski definition) is 2. The fourth-order valence-electron chi connectivity index (χ4n) is 3.20. The van der Waals surface area contributed by atoms with Gasteiger partial charge >= 0.3 is 0 Å². The SMILES string of the molecule is CC1CCCC(NCc2ccc3cnccc3c2)CC1. The lowest BCUT2D eigenvalue weighted by atomic mass is 10.0. The average Bonchev–Trinajstić information content (AvgIpc) is 2.69. The molecule has 2 atom stereocenters. The third-order valence-electron chi connectivity index (χ3n) is 4.56. The molecule has 2 unspecified atom stereocenters. The molecular weight excluding hydrogens is 244 g/mol. The van der Waals surface area contributed by atoms with Gasteiger partial charge in [-0.25, -0.2) is 0 Å². The first-order chi connectivity index (χ1) is 9.81. The molecule has 3 rings (SSSR count). The van der Waals surface area contributed by atoms with Gasteiger partial charge in [-0.15, -0.1) is 0 Å². The van der Waals surface area contributed by atoms with Crippen molar-refractivity contribution in [1.82, 2.24) is 10.3 Å². The van der Waals surface area contributed by atoms with Crippen molar-refractivity contribution in [3.8, 4) is 0 Å². The second-order valence-corrected chi connectivity index (χ2v) is 6.25. The van der Waals surface area contributed by atoms with Crippen molar-refractivity contribution in [2.75, 3.05) is 0 Å². The van der Waals surface area contributed by atoms with Crippen molar-refractivity contribution in [2.45, 2.75) is 51.6 Å². The van der Waals surface area contributed by atoms with Crippen LogP contribution < -0.4 is 5.32 Å². The summed E-state index contributed by atoms with van der Waals surface area (Å²) in [5.74, 6) is 0.912. The predicted octanol–water partition coefficient (Wildman–Crippen LogP) is 4.29. The van der Waals surface area contributed by atoms with E-state index in [0.29, 0.717) is 6.04 Å². The van der Waals surface area contributed by atoms with Crippen molar-refractivity contribution < 1.29 is 0 Å². The normalized spacial score (nSPS) is 23.6. The Bertz CT molecular complexity index is 564. The molecule has 2 aromatic rings. The molecule has 2 nitrogen and oxygen atoms in total. The van der Waals surface area contributed by atoms with Gasteiger partial charge in [0, 0.05) is 30.4 Å². The third-order valence-corrected chi connectivity index (χ3v) is 4.56. The van der Waals surface area contributed by atoms with Crippen LogP contribution in [0.5, 0.6) is 0 Å². The largest absolute Gasteiger partial charge is 0.310 e. The highest BCUT2D eigenvalue weighted by molar-refractivity contribution is 5.81. The molecule has 0 radical (unpaired) electrons. The highest BCUT2D eigenvalue weighted by atomic mass is 14.9. The lowest BCUT2D eigenvalue weighted by Gasteiger charge is -2.16. The van der Waals surface area contributed by atoms with Gasteiger partial charge in [0.2, 0.25) is 0 Å². The summed E-state index contributed by atoms with van der Waals surface area (Å²) < 4.78 is 0. The van der Waals surface area contributed by atoms with Gasteiger partial charge in [0.05, 0.1) is 0 Å². The Morgan fingerprint density at radius 1 is 1.10 bits per heavy atom. The minimum atomic E-state index is 0.702.